The van der Waals surface area contributed by atoms with Gasteiger partial charge in [-0.15, -0.1) is 0 Å². The maximum atomic E-state index is 2.77. The molecule has 12 rings (SSSR count). The molecule has 7 aromatic rings. The van der Waals surface area contributed by atoms with Crippen LogP contribution in [0.3, 0.4) is 0 Å². The van der Waals surface area contributed by atoms with E-state index in [4.69, 9.17) is 0 Å². The average Bonchev–Trinajstić information content (AvgIpc) is 3.69. The van der Waals surface area contributed by atoms with E-state index in [0.29, 0.717) is 0 Å². The highest BCUT2D eigenvalue weighted by Gasteiger charge is 2.51. The van der Waals surface area contributed by atoms with E-state index in [0.717, 1.165) is 12.1 Å². The summed E-state index contributed by atoms with van der Waals surface area (Å²) in [6.07, 6.45) is 15.3. The fourth-order valence-electron chi connectivity index (χ4n) is 10.4. The summed E-state index contributed by atoms with van der Waals surface area (Å²) in [5.74, 6) is 0.253. The number of nitrogens with zero attached hydrogens (tertiary/aromatic N) is 2. The highest BCUT2D eigenvalue weighted by Crippen LogP contribution is 2.59. The monoisotopic (exact) mass is 676 g/mol. The lowest BCUT2D eigenvalue weighted by Crippen LogP contribution is -2.51. The molecule has 0 amide bonds. The quantitative estimate of drug-likeness (QED) is 0.172. The first-order valence-electron chi connectivity index (χ1n) is 18.9. The number of benzene rings is 7. The van der Waals surface area contributed by atoms with E-state index < -0.39 is 0 Å². The number of hydrogen-bond donors (Lipinski definition) is 0. The minimum absolute atomic E-state index is 0.214. The van der Waals surface area contributed by atoms with Crippen LogP contribution in [-0.2, 0) is 0 Å². The zero-order valence-electron chi connectivity index (χ0n) is 29.5. The van der Waals surface area contributed by atoms with Crippen LogP contribution in [0.4, 0.5) is 22.7 Å². The highest BCUT2D eigenvalue weighted by molar-refractivity contribution is 6.26. The van der Waals surface area contributed by atoms with E-state index in [1.54, 1.807) is 0 Å². The molecule has 0 N–H and O–H groups in total. The second-order valence-corrected chi connectivity index (χ2v) is 15.4. The van der Waals surface area contributed by atoms with Crippen LogP contribution in [0.5, 0.6) is 0 Å². The number of hydrogen-bond acceptors (Lipinski definition) is 2. The summed E-state index contributed by atoms with van der Waals surface area (Å²) < 4.78 is 0. The minimum Gasteiger partial charge on any atom is -0.354 e. The van der Waals surface area contributed by atoms with Gasteiger partial charge >= 0.3 is 0 Å². The van der Waals surface area contributed by atoms with Gasteiger partial charge in [0.05, 0.1) is 17.3 Å². The molecule has 3 aliphatic carbocycles. The van der Waals surface area contributed by atoms with E-state index in [1.165, 1.54) is 88.7 Å². The van der Waals surface area contributed by atoms with E-state index in [-0.39, 0.29) is 17.5 Å². The van der Waals surface area contributed by atoms with Crippen LogP contribution >= 0.6 is 0 Å². The summed E-state index contributed by atoms with van der Waals surface area (Å²) in [6, 6.07) is 52.6. The minimum atomic E-state index is -0.214. The third-order valence-electron chi connectivity index (χ3n) is 12.6. The molecular weight excluding hydrogens is 641 g/mol. The highest BCUT2D eigenvalue weighted by atomic mass is 15.3. The van der Waals surface area contributed by atoms with Crippen molar-refractivity contribution < 1.29 is 0 Å². The van der Waals surface area contributed by atoms with Crippen LogP contribution in [-0.4, -0.2) is 11.6 Å². The lowest BCUT2D eigenvalue weighted by atomic mass is 9.77. The first-order chi connectivity index (χ1) is 26.2. The number of fused-ring (bicyclic) bond motifs is 14. The standard InChI is InChI=1S/C51H36N2/c1-51-31-36-24-27-44(51)43-26-25-38(30-47(43)53(51)45-22-8-7-18-39(45)33-14-9-13-32(36)28-33)52(37-16-3-2-4-17-37)46-23-11-21-42-41-20-10-15-35-29-34-12-5-6-19-40(34)50(48(35)41)49(42)46/h2-21,23-31,44-45H,22H2,1H3. The zero-order valence-corrected chi connectivity index (χ0v) is 29.5. The molecule has 2 heteroatoms. The smallest absolute Gasteiger partial charge is 0.0676 e. The van der Waals surface area contributed by atoms with Gasteiger partial charge in [-0.05, 0) is 116 Å². The van der Waals surface area contributed by atoms with Gasteiger partial charge in [0.1, 0.15) is 0 Å². The Morgan fingerprint density at radius 1 is 0.679 bits per heavy atom. The topological polar surface area (TPSA) is 6.48 Å². The summed E-state index contributed by atoms with van der Waals surface area (Å²) in [4.78, 5) is 5.28. The SMILES string of the molecule is CC12C=C3C=CC1c1ccc(N(c4ccccc4)c4cccc5c4-c4c6ccccc6cc6cccc-5c46)cc1N2C1CC=CC=C1c1cccc3c1. The Hall–Kier alpha value is -6.38. The molecule has 250 valence electrons. The van der Waals surface area contributed by atoms with Gasteiger partial charge in [0.2, 0.25) is 0 Å². The number of rotatable bonds is 3. The van der Waals surface area contributed by atoms with Gasteiger partial charge in [-0.3, -0.25) is 0 Å². The molecule has 3 unspecified atom stereocenters. The predicted octanol–water partition coefficient (Wildman–Crippen LogP) is 13.2. The Morgan fingerprint density at radius 3 is 2.43 bits per heavy atom. The van der Waals surface area contributed by atoms with Gasteiger partial charge in [0, 0.05) is 34.1 Å². The van der Waals surface area contributed by atoms with E-state index >= 15 is 0 Å². The predicted molar refractivity (Wildman–Crippen MR) is 223 cm³/mol. The van der Waals surface area contributed by atoms with Gasteiger partial charge in [0.25, 0.3) is 0 Å². The van der Waals surface area contributed by atoms with Crippen LogP contribution in [0.15, 0.2) is 176 Å². The second kappa shape index (κ2) is 10.6. The summed E-state index contributed by atoms with van der Waals surface area (Å²) in [7, 11) is 0. The average molecular weight is 677 g/mol. The van der Waals surface area contributed by atoms with Crippen LogP contribution < -0.4 is 9.80 Å². The molecular formula is C51H36N2. The molecule has 53 heavy (non-hydrogen) atoms. The number of anilines is 4. The normalized spacial score (nSPS) is 21.0. The van der Waals surface area contributed by atoms with Crippen molar-refractivity contribution in [3.05, 3.63) is 193 Å². The van der Waals surface area contributed by atoms with E-state index in [2.05, 4.69) is 193 Å². The van der Waals surface area contributed by atoms with Crippen molar-refractivity contribution in [1.29, 1.82) is 0 Å². The Labute approximate surface area is 309 Å². The van der Waals surface area contributed by atoms with Crippen molar-refractivity contribution >= 4 is 55.4 Å². The van der Waals surface area contributed by atoms with Gasteiger partial charge in [0.15, 0.2) is 0 Å². The number of allylic oxidation sites excluding steroid dienone is 4. The maximum absolute atomic E-state index is 2.77. The van der Waals surface area contributed by atoms with Crippen molar-refractivity contribution in [3.8, 4) is 22.3 Å². The van der Waals surface area contributed by atoms with Gasteiger partial charge in [-0.2, -0.15) is 0 Å². The molecule has 2 nitrogen and oxygen atoms in total. The first-order valence-corrected chi connectivity index (χ1v) is 18.9. The molecule has 7 aromatic carbocycles. The molecule has 0 spiro atoms. The fourth-order valence-corrected chi connectivity index (χ4v) is 10.4. The summed E-state index contributed by atoms with van der Waals surface area (Å²) in [5.41, 5.74) is 16.6. The van der Waals surface area contributed by atoms with Crippen LogP contribution in [0.25, 0.3) is 54.9 Å². The summed E-state index contributed by atoms with van der Waals surface area (Å²) in [6.45, 7) is 2.47. The third kappa shape index (κ3) is 3.93. The van der Waals surface area contributed by atoms with Gasteiger partial charge < -0.3 is 9.80 Å². The number of para-hydroxylation sites is 1. The Balaban J connectivity index is 1.11. The maximum Gasteiger partial charge on any atom is 0.0676 e. The lowest BCUT2D eigenvalue weighted by Gasteiger charge is -2.45. The van der Waals surface area contributed by atoms with Crippen LogP contribution in [0.2, 0.25) is 0 Å². The van der Waals surface area contributed by atoms with Crippen molar-refractivity contribution in [3.63, 3.8) is 0 Å². The Morgan fingerprint density at radius 2 is 1.49 bits per heavy atom. The molecule has 4 bridgehead atoms. The van der Waals surface area contributed by atoms with Gasteiger partial charge in [-0.25, -0.2) is 0 Å². The van der Waals surface area contributed by atoms with Crippen LogP contribution in [0, 0.1) is 0 Å². The summed E-state index contributed by atoms with van der Waals surface area (Å²) in [5, 5.41) is 5.23. The van der Waals surface area contributed by atoms with E-state index in [1.807, 2.05) is 0 Å². The molecule has 3 atom stereocenters. The molecule has 2 aliphatic heterocycles. The fraction of sp³-hybridized carbons (Fsp3) is 0.0980. The molecule has 5 aliphatic rings. The molecule has 2 heterocycles. The largest absolute Gasteiger partial charge is 0.354 e. The van der Waals surface area contributed by atoms with Crippen molar-refractivity contribution in [2.24, 2.45) is 0 Å². The van der Waals surface area contributed by atoms with Crippen molar-refractivity contribution in [1.82, 2.24) is 0 Å². The molecule has 0 radical (unpaired) electrons. The molecule has 0 fully saturated rings. The Bertz CT molecular complexity index is 2850. The Kier molecular flexibility index (Phi) is 5.84. The summed E-state index contributed by atoms with van der Waals surface area (Å²) >= 11 is 0. The van der Waals surface area contributed by atoms with Crippen LogP contribution in [0.1, 0.15) is 36.0 Å². The van der Waals surface area contributed by atoms with Crippen molar-refractivity contribution in [2.75, 3.05) is 9.80 Å². The molecule has 0 saturated carbocycles. The lowest BCUT2D eigenvalue weighted by molar-refractivity contribution is 0.475. The van der Waals surface area contributed by atoms with E-state index in [9.17, 15) is 0 Å². The molecule has 0 aromatic heterocycles. The zero-order chi connectivity index (χ0) is 34.8. The van der Waals surface area contributed by atoms with Gasteiger partial charge in [-0.1, -0.05) is 134 Å². The first kappa shape index (κ1) is 29.2. The third-order valence-corrected chi connectivity index (χ3v) is 12.6. The van der Waals surface area contributed by atoms with Crippen molar-refractivity contribution in [2.45, 2.75) is 30.8 Å². The molecule has 0 saturated heterocycles. The second-order valence-electron chi connectivity index (χ2n) is 15.4.